The average Bonchev–Trinajstić information content (AvgIpc) is 2.78. The number of nitrogens with zero attached hydrogens (tertiary/aromatic N) is 1. The van der Waals surface area contributed by atoms with Crippen molar-refractivity contribution in [3.05, 3.63) is 34.7 Å². The van der Waals surface area contributed by atoms with Gasteiger partial charge >= 0.3 is 0 Å². The van der Waals surface area contributed by atoms with Gasteiger partial charge in [0.1, 0.15) is 11.5 Å². The molecule has 0 N–H and O–H groups in total. The largest absolute Gasteiger partial charge is 0.480 e. The summed E-state index contributed by atoms with van der Waals surface area (Å²) in [5.74, 6) is 1.96. The van der Waals surface area contributed by atoms with Crippen molar-refractivity contribution in [1.29, 1.82) is 0 Å². The second kappa shape index (κ2) is 6.99. The SMILES string of the molecule is Cc1cc(-c2nc(CCOS(C)(=O)=O)c(C)o2)cc(C)c1OP. The monoisotopic (exact) mass is 357 g/mol. The van der Waals surface area contributed by atoms with Crippen LogP contribution < -0.4 is 4.52 Å². The fourth-order valence-electron chi connectivity index (χ4n) is 2.33. The zero-order valence-corrected chi connectivity index (χ0v) is 15.5. The van der Waals surface area contributed by atoms with Crippen molar-refractivity contribution in [3.8, 4) is 17.2 Å². The van der Waals surface area contributed by atoms with E-state index in [2.05, 4.69) is 14.5 Å². The number of aryl methyl sites for hydroxylation is 3. The van der Waals surface area contributed by atoms with Gasteiger partial charge in [-0.1, -0.05) is 0 Å². The molecule has 126 valence electrons. The molecule has 0 bridgehead atoms. The van der Waals surface area contributed by atoms with Crippen molar-refractivity contribution in [2.75, 3.05) is 12.9 Å². The molecular formula is C15H20NO5PS. The first-order chi connectivity index (χ1) is 10.7. The summed E-state index contributed by atoms with van der Waals surface area (Å²) in [5.41, 5.74) is 3.50. The van der Waals surface area contributed by atoms with Gasteiger partial charge in [0, 0.05) is 12.0 Å². The van der Waals surface area contributed by atoms with E-state index in [0.29, 0.717) is 23.8 Å². The van der Waals surface area contributed by atoms with Crippen molar-refractivity contribution < 1.29 is 21.5 Å². The van der Waals surface area contributed by atoms with Crippen LogP contribution in [0.4, 0.5) is 0 Å². The number of rotatable bonds is 6. The first-order valence-corrected chi connectivity index (χ1v) is 9.29. The van der Waals surface area contributed by atoms with Crippen LogP contribution in [-0.4, -0.2) is 26.3 Å². The summed E-state index contributed by atoms with van der Waals surface area (Å²) in [5, 5.41) is 0. The van der Waals surface area contributed by atoms with E-state index in [4.69, 9.17) is 13.1 Å². The zero-order chi connectivity index (χ0) is 17.2. The normalized spacial score (nSPS) is 11.7. The van der Waals surface area contributed by atoms with E-state index < -0.39 is 10.1 Å². The minimum Gasteiger partial charge on any atom is -0.480 e. The molecule has 1 aromatic carbocycles. The second-order valence-corrected chi connectivity index (χ2v) is 7.23. The molecule has 1 heterocycles. The summed E-state index contributed by atoms with van der Waals surface area (Å²) in [6.45, 7) is 5.74. The zero-order valence-electron chi connectivity index (χ0n) is 13.5. The Balaban J connectivity index is 2.24. The molecule has 1 unspecified atom stereocenters. The topological polar surface area (TPSA) is 78.6 Å². The van der Waals surface area contributed by atoms with E-state index in [-0.39, 0.29) is 6.61 Å². The van der Waals surface area contributed by atoms with Gasteiger partial charge in [-0.2, -0.15) is 8.42 Å². The molecule has 1 atom stereocenters. The molecule has 6 nitrogen and oxygen atoms in total. The number of benzene rings is 1. The number of oxazole rings is 1. The molecule has 23 heavy (non-hydrogen) atoms. The Hall–Kier alpha value is -1.43. The van der Waals surface area contributed by atoms with Gasteiger partial charge in [0.2, 0.25) is 5.89 Å². The molecule has 0 saturated heterocycles. The third-order valence-corrected chi connectivity index (χ3v) is 4.18. The Bertz CT molecular complexity index is 790. The molecule has 2 rings (SSSR count). The van der Waals surface area contributed by atoms with Gasteiger partial charge in [0.05, 0.1) is 28.0 Å². The van der Waals surface area contributed by atoms with Crippen LogP contribution >= 0.6 is 9.47 Å². The summed E-state index contributed by atoms with van der Waals surface area (Å²) in [4.78, 5) is 4.45. The standard InChI is InChI=1S/C15H20NO5PS/c1-9-7-12(8-10(2)14(9)21-22)15-16-13(11(3)20-15)5-6-19-23(4,17)18/h7-8H,5-6,22H2,1-4H3. The molecule has 1 aromatic heterocycles. The molecule has 0 aliphatic heterocycles. The van der Waals surface area contributed by atoms with Crippen LogP contribution in [0, 0.1) is 20.8 Å². The Morgan fingerprint density at radius 1 is 1.22 bits per heavy atom. The minimum absolute atomic E-state index is 0.0452. The highest BCUT2D eigenvalue weighted by Gasteiger charge is 2.15. The van der Waals surface area contributed by atoms with E-state index in [9.17, 15) is 8.42 Å². The predicted octanol–water partition coefficient (Wildman–Crippen LogP) is 2.95. The molecule has 0 saturated carbocycles. The van der Waals surface area contributed by atoms with Crippen LogP contribution in [0.3, 0.4) is 0 Å². The smallest absolute Gasteiger partial charge is 0.264 e. The first-order valence-electron chi connectivity index (χ1n) is 7.00. The third-order valence-electron chi connectivity index (χ3n) is 3.35. The van der Waals surface area contributed by atoms with E-state index in [1.165, 1.54) is 0 Å². The number of hydrogen-bond donors (Lipinski definition) is 0. The maximum Gasteiger partial charge on any atom is 0.264 e. The lowest BCUT2D eigenvalue weighted by Crippen LogP contribution is -2.06. The lowest BCUT2D eigenvalue weighted by atomic mass is 10.1. The summed E-state index contributed by atoms with van der Waals surface area (Å²) in [6.07, 6.45) is 1.39. The van der Waals surface area contributed by atoms with Crippen molar-refractivity contribution in [3.63, 3.8) is 0 Å². The Morgan fingerprint density at radius 2 is 1.83 bits per heavy atom. The van der Waals surface area contributed by atoms with Crippen LogP contribution in [0.2, 0.25) is 0 Å². The van der Waals surface area contributed by atoms with Crippen molar-refractivity contribution in [2.24, 2.45) is 0 Å². The van der Waals surface area contributed by atoms with Crippen molar-refractivity contribution in [2.45, 2.75) is 27.2 Å². The van der Waals surface area contributed by atoms with Crippen LogP contribution in [0.5, 0.6) is 5.75 Å². The van der Waals surface area contributed by atoms with E-state index in [1.54, 1.807) is 6.92 Å². The van der Waals surface area contributed by atoms with Gasteiger partial charge in [-0.3, -0.25) is 4.18 Å². The summed E-state index contributed by atoms with van der Waals surface area (Å²) >= 11 is 0. The van der Waals surface area contributed by atoms with Crippen molar-refractivity contribution >= 4 is 19.6 Å². The minimum atomic E-state index is -3.45. The molecular weight excluding hydrogens is 337 g/mol. The van der Waals surface area contributed by atoms with Crippen LogP contribution in [0.25, 0.3) is 11.5 Å². The highest BCUT2D eigenvalue weighted by atomic mass is 32.2. The maximum absolute atomic E-state index is 11.0. The predicted molar refractivity (Wildman–Crippen MR) is 91.0 cm³/mol. The fourth-order valence-corrected chi connectivity index (χ4v) is 3.09. The molecule has 8 heteroatoms. The molecule has 2 aromatic rings. The van der Waals surface area contributed by atoms with Gasteiger partial charge in [-0.15, -0.1) is 0 Å². The number of hydrogen-bond acceptors (Lipinski definition) is 6. The average molecular weight is 357 g/mol. The van der Waals surface area contributed by atoms with Crippen LogP contribution in [0.1, 0.15) is 22.6 Å². The number of aromatic nitrogens is 1. The summed E-state index contributed by atoms with van der Waals surface area (Å²) in [6, 6.07) is 3.88. The lowest BCUT2D eigenvalue weighted by Gasteiger charge is -2.09. The van der Waals surface area contributed by atoms with Gasteiger partial charge < -0.3 is 8.94 Å². The molecule has 0 spiro atoms. The van der Waals surface area contributed by atoms with Gasteiger partial charge in [-0.25, -0.2) is 4.98 Å². The van der Waals surface area contributed by atoms with Crippen LogP contribution in [0.15, 0.2) is 16.5 Å². The lowest BCUT2D eigenvalue weighted by molar-refractivity contribution is 0.324. The molecule has 0 aliphatic carbocycles. The summed E-state index contributed by atoms with van der Waals surface area (Å²) < 4.78 is 37.7. The summed E-state index contributed by atoms with van der Waals surface area (Å²) in [7, 11) is -1.20. The van der Waals surface area contributed by atoms with Gasteiger partial charge in [0.15, 0.2) is 0 Å². The highest BCUT2D eigenvalue weighted by molar-refractivity contribution is 7.85. The van der Waals surface area contributed by atoms with Gasteiger partial charge in [0.25, 0.3) is 10.1 Å². The van der Waals surface area contributed by atoms with Crippen LogP contribution in [-0.2, 0) is 20.7 Å². The maximum atomic E-state index is 11.0. The molecule has 0 fully saturated rings. The van der Waals surface area contributed by atoms with E-state index in [0.717, 1.165) is 28.7 Å². The molecule has 0 aliphatic rings. The van der Waals surface area contributed by atoms with Gasteiger partial charge in [-0.05, 0) is 44.0 Å². The first kappa shape index (κ1) is 17.9. The molecule has 0 amide bonds. The Morgan fingerprint density at radius 3 is 2.35 bits per heavy atom. The Labute approximate surface area is 138 Å². The molecule has 0 radical (unpaired) electrons. The fraction of sp³-hybridized carbons (Fsp3) is 0.400. The third kappa shape index (κ3) is 4.53. The Kier molecular flexibility index (Phi) is 5.45. The van der Waals surface area contributed by atoms with E-state index >= 15 is 0 Å². The quantitative estimate of drug-likeness (QED) is 0.584. The highest BCUT2D eigenvalue weighted by Crippen LogP contribution is 2.31. The second-order valence-electron chi connectivity index (χ2n) is 5.36. The van der Waals surface area contributed by atoms with E-state index in [1.807, 2.05) is 26.0 Å². The van der Waals surface area contributed by atoms with Crippen molar-refractivity contribution in [1.82, 2.24) is 4.98 Å².